The van der Waals surface area contributed by atoms with Crippen molar-refractivity contribution in [3.8, 4) is 0 Å². The minimum Gasteiger partial charge on any atom is -0.381 e. The molecule has 0 aromatic carbocycles. The molecule has 0 amide bonds. The average molecular weight is 490 g/mol. The molecule has 1 unspecified atom stereocenters. The van der Waals surface area contributed by atoms with Crippen molar-refractivity contribution in [3.63, 3.8) is 0 Å². The Morgan fingerprint density at radius 3 is 2.59 bits per heavy atom. The van der Waals surface area contributed by atoms with E-state index in [0.717, 1.165) is 45.0 Å². The molecule has 150 valence electrons. The number of halogens is 1. The van der Waals surface area contributed by atoms with Crippen LogP contribution in [-0.4, -0.2) is 85.3 Å². The van der Waals surface area contributed by atoms with Gasteiger partial charge in [0.25, 0.3) is 0 Å². The maximum Gasteiger partial charge on any atom is 0.225 e. The summed E-state index contributed by atoms with van der Waals surface area (Å²) in [5.74, 6) is 0.866. The third-order valence-corrected chi connectivity index (χ3v) is 5.06. The first-order valence-corrected chi connectivity index (χ1v) is 9.20. The van der Waals surface area contributed by atoms with Crippen molar-refractivity contribution in [3.05, 3.63) is 18.5 Å². The first-order valence-electron chi connectivity index (χ1n) is 9.20. The number of nitrogens with two attached hydrogens (primary N) is 1. The molecule has 3 aliphatic heterocycles. The monoisotopic (exact) mass is 490 g/mol. The summed E-state index contributed by atoms with van der Waals surface area (Å²) >= 11 is 0. The van der Waals surface area contributed by atoms with Gasteiger partial charge in [-0.2, -0.15) is 0 Å². The number of hydrogen-bond acceptors (Lipinski definition) is 7. The first-order chi connectivity index (χ1) is 12.7. The molecule has 4 heterocycles. The van der Waals surface area contributed by atoms with E-state index in [0.29, 0.717) is 32.3 Å². The molecule has 3 fully saturated rings. The molecular formula is C17H27IN6O3. The second-order valence-electron chi connectivity index (χ2n) is 6.80. The highest BCUT2D eigenvalue weighted by Gasteiger charge is 2.42. The van der Waals surface area contributed by atoms with Crippen LogP contribution >= 0.6 is 24.0 Å². The van der Waals surface area contributed by atoms with Crippen LogP contribution in [0.25, 0.3) is 0 Å². The highest BCUT2D eigenvalue weighted by atomic mass is 127. The van der Waals surface area contributed by atoms with Crippen molar-refractivity contribution in [2.45, 2.75) is 24.7 Å². The van der Waals surface area contributed by atoms with Gasteiger partial charge in [-0.1, -0.05) is 0 Å². The Balaban J connectivity index is 0.00000210. The van der Waals surface area contributed by atoms with Crippen LogP contribution in [0.1, 0.15) is 12.8 Å². The molecule has 27 heavy (non-hydrogen) atoms. The molecule has 0 radical (unpaired) electrons. The minimum atomic E-state index is -0.464. The summed E-state index contributed by atoms with van der Waals surface area (Å²) in [6, 6.07) is 1.82. The zero-order chi connectivity index (χ0) is 17.8. The third-order valence-electron chi connectivity index (χ3n) is 5.06. The number of ether oxygens (including phenoxy) is 3. The van der Waals surface area contributed by atoms with Gasteiger partial charge in [0.05, 0.1) is 26.4 Å². The van der Waals surface area contributed by atoms with Crippen LogP contribution in [-0.2, 0) is 14.2 Å². The Morgan fingerprint density at radius 2 is 1.89 bits per heavy atom. The molecule has 1 spiro atoms. The normalized spacial score (nSPS) is 25.5. The van der Waals surface area contributed by atoms with Gasteiger partial charge in [0.2, 0.25) is 5.95 Å². The maximum atomic E-state index is 6.19. The topological polar surface area (TPSA) is 98.3 Å². The highest BCUT2D eigenvalue weighted by molar-refractivity contribution is 14.0. The molecule has 0 aliphatic carbocycles. The van der Waals surface area contributed by atoms with Crippen molar-refractivity contribution in [1.82, 2.24) is 14.9 Å². The number of aromatic nitrogens is 2. The quantitative estimate of drug-likeness (QED) is 0.371. The molecule has 1 atom stereocenters. The number of anilines is 1. The Morgan fingerprint density at radius 1 is 1.19 bits per heavy atom. The summed E-state index contributed by atoms with van der Waals surface area (Å²) in [7, 11) is 0. The zero-order valence-corrected chi connectivity index (χ0v) is 17.7. The molecule has 0 bridgehead atoms. The fraction of sp³-hybridized carbons (Fsp3) is 0.706. The smallest absolute Gasteiger partial charge is 0.225 e. The number of piperazine rings is 1. The molecule has 3 aliphatic rings. The molecule has 3 saturated heterocycles. The largest absolute Gasteiger partial charge is 0.381 e. The molecule has 10 heteroatoms. The van der Waals surface area contributed by atoms with Crippen LogP contribution in [0.15, 0.2) is 23.5 Å². The second-order valence-corrected chi connectivity index (χ2v) is 6.80. The van der Waals surface area contributed by atoms with E-state index in [2.05, 4.69) is 24.8 Å². The Labute approximate surface area is 176 Å². The number of hydrogen-bond donors (Lipinski definition) is 1. The summed E-state index contributed by atoms with van der Waals surface area (Å²) in [5, 5.41) is 0. The number of nitrogens with zero attached hydrogens (tertiary/aromatic N) is 5. The predicted molar refractivity (Wildman–Crippen MR) is 111 cm³/mol. The van der Waals surface area contributed by atoms with Crippen molar-refractivity contribution >= 4 is 35.9 Å². The van der Waals surface area contributed by atoms with E-state index < -0.39 is 5.79 Å². The molecule has 4 rings (SSSR count). The van der Waals surface area contributed by atoms with Crippen LogP contribution in [0.3, 0.4) is 0 Å². The number of rotatable bonds is 3. The molecule has 2 N–H and O–H groups in total. The molecule has 0 saturated carbocycles. The van der Waals surface area contributed by atoms with Crippen molar-refractivity contribution < 1.29 is 14.2 Å². The van der Waals surface area contributed by atoms with E-state index in [4.69, 9.17) is 19.9 Å². The summed E-state index contributed by atoms with van der Waals surface area (Å²) in [4.78, 5) is 17.4. The van der Waals surface area contributed by atoms with Gasteiger partial charge in [-0.05, 0) is 6.07 Å². The summed E-state index contributed by atoms with van der Waals surface area (Å²) in [6.45, 7) is 5.72. The third kappa shape index (κ3) is 4.98. The first kappa shape index (κ1) is 20.5. The predicted octanol–water partition coefficient (Wildman–Crippen LogP) is 0.453. The molecule has 9 nitrogen and oxygen atoms in total. The lowest BCUT2D eigenvalue weighted by molar-refractivity contribution is -0.210. The summed E-state index contributed by atoms with van der Waals surface area (Å²) in [6.07, 6.45) is 5.06. The van der Waals surface area contributed by atoms with Gasteiger partial charge < -0.3 is 29.7 Å². The summed E-state index contributed by atoms with van der Waals surface area (Å²) in [5.41, 5.74) is 6.19. The number of guanidine groups is 1. The van der Waals surface area contributed by atoms with E-state index in [1.54, 1.807) is 12.4 Å². The van der Waals surface area contributed by atoms with Gasteiger partial charge in [-0.15, -0.1) is 24.0 Å². The van der Waals surface area contributed by atoms with Crippen LogP contribution in [0.2, 0.25) is 0 Å². The Kier molecular flexibility index (Phi) is 7.06. The SMILES string of the molecule is I.NC(=NCC1COC2(CCOCC2)O1)N1CCN(c2ncccn2)CC1. The second kappa shape index (κ2) is 9.30. The van der Waals surface area contributed by atoms with Gasteiger partial charge in [-0.25, -0.2) is 9.97 Å². The van der Waals surface area contributed by atoms with Crippen LogP contribution in [0.5, 0.6) is 0 Å². The van der Waals surface area contributed by atoms with Crippen LogP contribution in [0.4, 0.5) is 5.95 Å². The van der Waals surface area contributed by atoms with E-state index in [9.17, 15) is 0 Å². The average Bonchev–Trinajstić information content (AvgIpc) is 3.09. The fourth-order valence-corrected chi connectivity index (χ4v) is 3.54. The van der Waals surface area contributed by atoms with Crippen molar-refractivity contribution in [2.24, 2.45) is 10.7 Å². The van der Waals surface area contributed by atoms with Gasteiger partial charge in [0.1, 0.15) is 6.10 Å². The standard InChI is InChI=1S/C17H26N6O3.HI/c18-15(21-12-14-13-25-17(26-14)2-10-24-11-3-17)22-6-8-23(9-7-22)16-19-4-1-5-20-16;/h1,4-5,14H,2-3,6-13H2,(H2,18,21);1H. The van der Waals surface area contributed by atoms with E-state index in [1.807, 2.05) is 6.07 Å². The Hall–Kier alpha value is -1.24. The molecular weight excluding hydrogens is 463 g/mol. The van der Waals surface area contributed by atoms with Crippen LogP contribution in [0, 0.1) is 0 Å². The van der Waals surface area contributed by atoms with Crippen molar-refractivity contribution in [2.75, 3.05) is 57.4 Å². The highest BCUT2D eigenvalue weighted by Crippen LogP contribution is 2.33. The maximum absolute atomic E-state index is 6.19. The fourth-order valence-electron chi connectivity index (χ4n) is 3.54. The lowest BCUT2D eigenvalue weighted by Gasteiger charge is -2.35. The molecule has 1 aromatic rings. The zero-order valence-electron chi connectivity index (χ0n) is 15.3. The Bertz CT molecular complexity index is 620. The van der Waals surface area contributed by atoms with Gasteiger partial charge in [0, 0.05) is 51.4 Å². The van der Waals surface area contributed by atoms with Crippen molar-refractivity contribution in [1.29, 1.82) is 0 Å². The van der Waals surface area contributed by atoms with E-state index in [-0.39, 0.29) is 30.1 Å². The minimum absolute atomic E-state index is 0. The van der Waals surface area contributed by atoms with Crippen LogP contribution < -0.4 is 10.6 Å². The molecule has 1 aromatic heterocycles. The van der Waals surface area contributed by atoms with E-state index in [1.165, 1.54) is 0 Å². The van der Waals surface area contributed by atoms with Gasteiger partial charge in [0.15, 0.2) is 11.7 Å². The van der Waals surface area contributed by atoms with E-state index >= 15 is 0 Å². The number of aliphatic imine (C=N–C) groups is 1. The lowest BCUT2D eigenvalue weighted by Crippen LogP contribution is -2.51. The summed E-state index contributed by atoms with van der Waals surface area (Å²) < 4.78 is 17.4. The van der Waals surface area contributed by atoms with Gasteiger partial charge in [-0.3, -0.25) is 4.99 Å². The van der Waals surface area contributed by atoms with Gasteiger partial charge >= 0.3 is 0 Å². The lowest BCUT2D eigenvalue weighted by atomic mass is 10.1.